The lowest BCUT2D eigenvalue weighted by Crippen LogP contribution is -2.26. The van der Waals surface area contributed by atoms with E-state index < -0.39 is 17.7 Å². The Morgan fingerprint density at radius 2 is 2.00 bits per heavy atom. The van der Waals surface area contributed by atoms with Crippen molar-refractivity contribution in [1.29, 1.82) is 5.26 Å². The second-order valence-electron chi connectivity index (χ2n) is 5.81. The number of carbonyl (C=O) groups excluding carboxylic acids is 1. The number of ether oxygens (including phenoxy) is 2. The largest absolute Gasteiger partial charge is 0.463 e. The van der Waals surface area contributed by atoms with E-state index in [0.29, 0.717) is 11.1 Å². The normalized spacial score (nSPS) is 16.6. The van der Waals surface area contributed by atoms with Crippen molar-refractivity contribution in [3.8, 4) is 6.07 Å². The van der Waals surface area contributed by atoms with E-state index in [1.807, 2.05) is 12.1 Å². The maximum Gasteiger partial charge on any atom is 0.338 e. The Labute approximate surface area is 156 Å². The van der Waals surface area contributed by atoms with Crippen molar-refractivity contribution >= 4 is 11.7 Å². The SMILES string of the molecule is CCOC(=O)C1=C(c2ccccc2)OC(N)=C(C#N)[C@H]1c1cccc(F)c1. The molecule has 6 heteroatoms. The van der Waals surface area contributed by atoms with Crippen molar-refractivity contribution in [3.05, 3.63) is 88.6 Å². The van der Waals surface area contributed by atoms with Crippen molar-refractivity contribution in [2.75, 3.05) is 6.61 Å². The number of nitrogens with zero attached hydrogens (tertiary/aromatic N) is 1. The Kier molecular flexibility index (Phi) is 5.23. The van der Waals surface area contributed by atoms with E-state index in [0.717, 1.165) is 0 Å². The van der Waals surface area contributed by atoms with E-state index in [2.05, 4.69) is 0 Å². The van der Waals surface area contributed by atoms with Crippen LogP contribution in [0.1, 0.15) is 24.0 Å². The molecule has 0 aromatic heterocycles. The van der Waals surface area contributed by atoms with Gasteiger partial charge in [-0.1, -0.05) is 42.5 Å². The third-order valence-electron chi connectivity index (χ3n) is 4.13. The number of nitrogens with two attached hydrogens (primary N) is 1. The molecule has 5 nitrogen and oxygen atoms in total. The van der Waals surface area contributed by atoms with Crippen molar-refractivity contribution in [1.82, 2.24) is 0 Å². The van der Waals surface area contributed by atoms with Crippen LogP contribution in [-0.2, 0) is 14.3 Å². The van der Waals surface area contributed by atoms with Gasteiger partial charge >= 0.3 is 5.97 Å². The number of hydrogen-bond donors (Lipinski definition) is 1. The molecule has 0 bridgehead atoms. The molecule has 0 fully saturated rings. The smallest absolute Gasteiger partial charge is 0.338 e. The fourth-order valence-electron chi connectivity index (χ4n) is 3.00. The molecule has 0 radical (unpaired) electrons. The molecule has 1 aliphatic rings. The average molecular weight is 364 g/mol. The van der Waals surface area contributed by atoms with Gasteiger partial charge < -0.3 is 15.2 Å². The van der Waals surface area contributed by atoms with Gasteiger partial charge in [0.2, 0.25) is 5.88 Å². The zero-order chi connectivity index (χ0) is 19.4. The third kappa shape index (κ3) is 3.53. The molecule has 136 valence electrons. The van der Waals surface area contributed by atoms with E-state index in [4.69, 9.17) is 15.2 Å². The van der Waals surface area contributed by atoms with Crippen LogP contribution in [0.2, 0.25) is 0 Å². The first-order valence-corrected chi connectivity index (χ1v) is 8.36. The van der Waals surface area contributed by atoms with Crippen LogP contribution in [0.3, 0.4) is 0 Å². The Bertz CT molecular complexity index is 974. The highest BCUT2D eigenvalue weighted by atomic mass is 19.1. The van der Waals surface area contributed by atoms with Gasteiger partial charge in [0.25, 0.3) is 0 Å². The molecule has 0 saturated carbocycles. The summed E-state index contributed by atoms with van der Waals surface area (Å²) < 4.78 is 24.7. The predicted molar refractivity (Wildman–Crippen MR) is 97.0 cm³/mol. The van der Waals surface area contributed by atoms with Gasteiger partial charge in [-0.05, 0) is 24.6 Å². The van der Waals surface area contributed by atoms with E-state index >= 15 is 0 Å². The maximum atomic E-state index is 13.9. The van der Waals surface area contributed by atoms with Gasteiger partial charge in [-0.2, -0.15) is 5.26 Å². The first-order valence-electron chi connectivity index (χ1n) is 8.36. The molecule has 1 heterocycles. The molecule has 27 heavy (non-hydrogen) atoms. The van der Waals surface area contributed by atoms with Crippen LogP contribution >= 0.6 is 0 Å². The van der Waals surface area contributed by atoms with Crippen molar-refractivity contribution in [2.45, 2.75) is 12.8 Å². The van der Waals surface area contributed by atoms with Crippen LogP contribution in [0.25, 0.3) is 5.76 Å². The molecule has 2 N–H and O–H groups in total. The Balaban J connectivity index is 2.28. The molecule has 1 aliphatic heterocycles. The fraction of sp³-hybridized carbons (Fsp3) is 0.143. The first kappa shape index (κ1) is 18.2. The van der Waals surface area contributed by atoms with Gasteiger partial charge in [-0.3, -0.25) is 0 Å². The van der Waals surface area contributed by atoms with Crippen molar-refractivity contribution in [2.24, 2.45) is 5.73 Å². The summed E-state index contributed by atoms with van der Waals surface area (Å²) in [5.41, 5.74) is 7.13. The molecule has 1 atom stereocenters. The number of halogens is 1. The molecule has 2 aromatic rings. The highest BCUT2D eigenvalue weighted by Crippen LogP contribution is 2.42. The third-order valence-corrected chi connectivity index (χ3v) is 4.13. The summed E-state index contributed by atoms with van der Waals surface area (Å²) >= 11 is 0. The number of hydrogen-bond acceptors (Lipinski definition) is 5. The minimum Gasteiger partial charge on any atom is -0.463 e. The summed E-state index contributed by atoms with van der Waals surface area (Å²) in [7, 11) is 0. The van der Waals surface area contributed by atoms with Crippen LogP contribution < -0.4 is 5.73 Å². The monoisotopic (exact) mass is 364 g/mol. The number of rotatable bonds is 4. The van der Waals surface area contributed by atoms with E-state index in [9.17, 15) is 14.4 Å². The van der Waals surface area contributed by atoms with Crippen LogP contribution in [0, 0.1) is 17.1 Å². The number of carbonyl (C=O) groups is 1. The van der Waals surface area contributed by atoms with Crippen molar-refractivity contribution in [3.63, 3.8) is 0 Å². The van der Waals surface area contributed by atoms with Crippen LogP contribution in [0.15, 0.2) is 71.6 Å². The standard InChI is InChI=1S/C21H17FN2O3/c1-2-26-21(25)18-17(14-9-6-10-15(22)11-14)16(12-23)20(24)27-19(18)13-7-4-3-5-8-13/h3-11,17H,2,24H2,1H3/t17-/m1/s1. The van der Waals surface area contributed by atoms with Gasteiger partial charge in [0.1, 0.15) is 23.2 Å². The second-order valence-corrected chi connectivity index (χ2v) is 5.81. The number of benzene rings is 2. The van der Waals surface area contributed by atoms with Gasteiger partial charge in [-0.15, -0.1) is 0 Å². The topological polar surface area (TPSA) is 85.3 Å². The summed E-state index contributed by atoms with van der Waals surface area (Å²) in [4.78, 5) is 12.8. The summed E-state index contributed by atoms with van der Waals surface area (Å²) in [5.74, 6) is -1.96. The second kappa shape index (κ2) is 7.75. The summed E-state index contributed by atoms with van der Waals surface area (Å²) in [6.45, 7) is 1.82. The van der Waals surface area contributed by atoms with Gasteiger partial charge in [0.15, 0.2) is 0 Å². The number of nitriles is 1. The zero-order valence-electron chi connectivity index (χ0n) is 14.6. The highest BCUT2D eigenvalue weighted by molar-refractivity contribution is 5.99. The van der Waals surface area contributed by atoms with Gasteiger partial charge in [-0.25, -0.2) is 9.18 Å². The molecule has 3 rings (SSSR count). The minimum atomic E-state index is -0.895. The van der Waals surface area contributed by atoms with E-state index in [1.165, 1.54) is 18.2 Å². The zero-order valence-corrected chi connectivity index (χ0v) is 14.6. The Morgan fingerprint density at radius 1 is 1.26 bits per heavy atom. The molecule has 0 spiro atoms. The average Bonchev–Trinajstić information content (AvgIpc) is 2.68. The lowest BCUT2D eigenvalue weighted by Gasteiger charge is -2.28. The van der Waals surface area contributed by atoms with Gasteiger partial charge in [0.05, 0.1) is 18.1 Å². The molecular formula is C21H17FN2O3. The highest BCUT2D eigenvalue weighted by Gasteiger charge is 2.38. The van der Waals surface area contributed by atoms with Crippen LogP contribution in [0.5, 0.6) is 0 Å². The molecule has 0 aliphatic carbocycles. The Morgan fingerprint density at radius 3 is 2.63 bits per heavy atom. The molecular weight excluding hydrogens is 347 g/mol. The van der Waals surface area contributed by atoms with Crippen molar-refractivity contribution < 1.29 is 18.7 Å². The maximum absolute atomic E-state index is 13.9. The molecule has 0 unspecified atom stereocenters. The Hall–Kier alpha value is -3.59. The number of esters is 1. The van der Waals surface area contributed by atoms with E-state index in [-0.39, 0.29) is 29.4 Å². The number of allylic oxidation sites excluding steroid dienone is 1. The summed E-state index contributed by atoms with van der Waals surface area (Å²) in [6.07, 6.45) is 0. The lowest BCUT2D eigenvalue weighted by atomic mass is 9.82. The van der Waals surface area contributed by atoms with E-state index in [1.54, 1.807) is 37.3 Å². The van der Waals surface area contributed by atoms with Crippen LogP contribution in [-0.4, -0.2) is 12.6 Å². The summed E-state index contributed by atoms with van der Waals surface area (Å²) in [6, 6.07) is 16.6. The summed E-state index contributed by atoms with van der Waals surface area (Å²) in [5, 5.41) is 9.61. The quantitative estimate of drug-likeness (QED) is 0.838. The van der Waals surface area contributed by atoms with Gasteiger partial charge in [0, 0.05) is 5.56 Å². The minimum absolute atomic E-state index is 0.0309. The first-order chi connectivity index (χ1) is 13.1. The lowest BCUT2D eigenvalue weighted by molar-refractivity contribution is -0.138. The van der Waals surface area contributed by atoms with Crippen LogP contribution in [0.4, 0.5) is 4.39 Å². The molecule has 2 aromatic carbocycles. The predicted octanol–water partition coefficient (Wildman–Crippen LogP) is 3.61. The molecule has 0 amide bonds. The molecule has 0 saturated heterocycles. The fourth-order valence-corrected chi connectivity index (χ4v) is 3.00.